The van der Waals surface area contributed by atoms with Crippen molar-refractivity contribution in [2.75, 3.05) is 31.7 Å². The molecule has 7 heteroatoms. The van der Waals surface area contributed by atoms with Gasteiger partial charge in [-0.1, -0.05) is 42.1 Å². The van der Waals surface area contributed by atoms with Crippen molar-refractivity contribution in [3.63, 3.8) is 0 Å². The predicted octanol–water partition coefficient (Wildman–Crippen LogP) is 3.46. The standard InChI is InChI=1S/C21H21FN2O3S/c1-27-12-6-11-23-20(25)14-24-17-9-4-5-10-18(17)28-19(21(24)26)13-15-7-2-3-8-16(15)22/h2-5,7-10,13H,6,11-12,14H2,1H3,(H,23,25). The lowest BCUT2D eigenvalue weighted by Gasteiger charge is -2.29. The number of para-hydroxylation sites is 1. The number of thioether (sulfide) groups is 1. The first-order chi connectivity index (χ1) is 13.6. The molecule has 0 aliphatic carbocycles. The van der Waals surface area contributed by atoms with Crippen LogP contribution in [-0.4, -0.2) is 38.6 Å². The van der Waals surface area contributed by atoms with Gasteiger partial charge < -0.3 is 10.1 Å². The molecule has 1 N–H and O–H groups in total. The number of halogens is 1. The van der Waals surface area contributed by atoms with Gasteiger partial charge in [0.1, 0.15) is 12.4 Å². The summed E-state index contributed by atoms with van der Waals surface area (Å²) in [7, 11) is 1.60. The number of methoxy groups -OCH3 is 1. The van der Waals surface area contributed by atoms with E-state index in [2.05, 4.69) is 5.32 Å². The Hall–Kier alpha value is -2.64. The van der Waals surface area contributed by atoms with Crippen LogP contribution < -0.4 is 10.2 Å². The highest BCUT2D eigenvalue weighted by atomic mass is 32.2. The smallest absolute Gasteiger partial charge is 0.265 e. The van der Waals surface area contributed by atoms with E-state index in [0.717, 1.165) is 4.90 Å². The second-order valence-corrected chi connectivity index (χ2v) is 7.27. The maximum Gasteiger partial charge on any atom is 0.265 e. The van der Waals surface area contributed by atoms with Crippen LogP contribution in [-0.2, 0) is 14.3 Å². The highest BCUT2D eigenvalue weighted by Gasteiger charge is 2.30. The van der Waals surface area contributed by atoms with Crippen molar-refractivity contribution in [1.82, 2.24) is 5.32 Å². The molecule has 0 spiro atoms. The summed E-state index contributed by atoms with van der Waals surface area (Å²) < 4.78 is 19.0. The molecule has 28 heavy (non-hydrogen) atoms. The molecule has 2 aromatic carbocycles. The first-order valence-corrected chi connectivity index (χ1v) is 9.72. The number of nitrogens with one attached hydrogen (secondary N) is 1. The van der Waals surface area contributed by atoms with Crippen LogP contribution in [0.1, 0.15) is 12.0 Å². The van der Waals surface area contributed by atoms with E-state index in [1.807, 2.05) is 18.2 Å². The van der Waals surface area contributed by atoms with Gasteiger partial charge in [0.15, 0.2) is 0 Å². The van der Waals surface area contributed by atoms with E-state index in [0.29, 0.717) is 35.7 Å². The van der Waals surface area contributed by atoms with Gasteiger partial charge in [0, 0.05) is 30.7 Å². The van der Waals surface area contributed by atoms with Crippen molar-refractivity contribution in [3.05, 3.63) is 64.8 Å². The summed E-state index contributed by atoms with van der Waals surface area (Å²) in [6.07, 6.45) is 2.23. The van der Waals surface area contributed by atoms with Crippen molar-refractivity contribution in [1.29, 1.82) is 0 Å². The van der Waals surface area contributed by atoms with Gasteiger partial charge in [0.25, 0.3) is 5.91 Å². The fourth-order valence-corrected chi connectivity index (χ4v) is 3.85. The Balaban J connectivity index is 1.83. The van der Waals surface area contributed by atoms with Gasteiger partial charge in [-0.2, -0.15) is 0 Å². The number of anilines is 1. The third-order valence-electron chi connectivity index (χ3n) is 4.17. The third kappa shape index (κ3) is 4.79. The second-order valence-electron chi connectivity index (χ2n) is 6.19. The van der Waals surface area contributed by atoms with E-state index >= 15 is 0 Å². The normalized spacial score (nSPS) is 14.9. The first kappa shape index (κ1) is 20.1. The van der Waals surface area contributed by atoms with Gasteiger partial charge in [-0.15, -0.1) is 0 Å². The molecular weight excluding hydrogens is 379 g/mol. The molecule has 3 rings (SSSR count). The summed E-state index contributed by atoms with van der Waals surface area (Å²) in [4.78, 5) is 28.0. The van der Waals surface area contributed by atoms with Crippen molar-refractivity contribution in [2.45, 2.75) is 11.3 Å². The van der Waals surface area contributed by atoms with Crippen molar-refractivity contribution < 1.29 is 18.7 Å². The topological polar surface area (TPSA) is 58.6 Å². The van der Waals surface area contributed by atoms with Crippen molar-refractivity contribution in [3.8, 4) is 0 Å². The molecule has 0 fully saturated rings. The Bertz CT molecular complexity index is 901. The van der Waals surface area contributed by atoms with Gasteiger partial charge in [-0.05, 0) is 30.7 Å². The SMILES string of the molecule is COCCCNC(=O)CN1C(=O)C(=Cc2ccccc2F)Sc2ccccc21. The molecule has 2 aromatic rings. The Morgan fingerprint density at radius 3 is 2.75 bits per heavy atom. The molecule has 1 aliphatic rings. The van der Waals surface area contributed by atoms with E-state index in [9.17, 15) is 14.0 Å². The van der Waals surface area contributed by atoms with Crippen LogP contribution in [0.3, 0.4) is 0 Å². The van der Waals surface area contributed by atoms with Gasteiger partial charge in [-0.25, -0.2) is 4.39 Å². The summed E-state index contributed by atoms with van der Waals surface area (Å²) in [6.45, 7) is 0.930. The van der Waals surface area contributed by atoms with E-state index in [4.69, 9.17) is 4.74 Å². The van der Waals surface area contributed by atoms with Crippen LogP contribution in [0.5, 0.6) is 0 Å². The zero-order chi connectivity index (χ0) is 19.9. The highest BCUT2D eigenvalue weighted by Crippen LogP contribution is 2.42. The number of hydrogen-bond donors (Lipinski definition) is 1. The fraction of sp³-hybridized carbons (Fsp3) is 0.238. The largest absolute Gasteiger partial charge is 0.385 e. The molecule has 0 saturated heterocycles. The lowest BCUT2D eigenvalue weighted by molar-refractivity contribution is -0.122. The fourth-order valence-electron chi connectivity index (χ4n) is 2.80. The average Bonchev–Trinajstić information content (AvgIpc) is 2.70. The van der Waals surface area contributed by atoms with Crippen LogP contribution in [0.2, 0.25) is 0 Å². The minimum atomic E-state index is -0.398. The number of rotatable bonds is 7. The van der Waals surface area contributed by atoms with E-state index in [-0.39, 0.29) is 18.4 Å². The van der Waals surface area contributed by atoms with E-state index in [1.54, 1.807) is 31.4 Å². The van der Waals surface area contributed by atoms with Gasteiger partial charge in [0.05, 0.1) is 10.6 Å². The van der Waals surface area contributed by atoms with Crippen LogP contribution >= 0.6 is 11.8 Å². The summed E-state index contributed by atoms with van der Waals surface area (Å²) in [5, 5.41) is 2.79. The minimum absolute atomic E-state index is 0.0992. The lowest BCUT2D eigenvalue weighted by atomic mass is 10.2. The molecule has 0 radical (unpaired) electrons. The number of benzene rings is 2. The maximum absolute atomic E-state index is 14.0. The second kappa shape index (κ2) is 9.52. The lowest BCUT2D eigenvalue weighted by Crippen LogP contribution is -2.43. The first-order valence-electron chi connectivity index (χ1n) is 8.91. The predicted molar refractivity (Wildman–Crippen MR) is 109 cm³/mol. The van der Waals surface area contributed by atoms with Crippen molar-refractivity contribution >= 4 is 35.3 Å². The highest BCUT2D eigenvalue weighted by molar-refractivity contribution is 8.04. The molecule has 1 aliphatic heterocycles. The molecule has 2 amide bonds. The monoisotopic (exact) mass is 400 g/mol. The molecule has 5 nitrogen and oxygen atoms in total. The number of ether oxygens (including phenoxy) is 1. The number of carbonyl (C=O) groups is 2. The maximum atomic E-state index is 14.0. The Labute approximate surface area is 167 Å². The number of amides is 2. The van der Waals surface area contributed by atoms with Crippen LogP contribution in [0, 0.1) is 5.82 Å². The molecule has 0 atom stereocenters. The van der Waals surface area contributed by atoms with Crippen molar-refractivity contribution in [2.24, 2.45) is 0 Å². The van der Waals surface area contributed by atoms with Gasteiger partial charge in [-0.3, -0.25) is 14.5 Å². The zero-order valence-corrected chi connectivity index (χ0v) is 16.3. The average molecular weight is 400 g/mol. The number of nitrogens with zero attached hydrogens (tertiary/aromatic N) is 1. The van der Waals surface area contributed by atoms with E-state index in [1.165, 1.54) is 28.8 Å². The number of hydrogen-bond acceptors (Lipinski definition) is 4. The summed E-state index contributed by atoms with van der Waals surface area (Å²) in [6, 6.07) is 13.7. The summed E-state index contributed by atoms with van der Waals surface area (Å²) >= 11 is 1.28. The molecular formula is C21H21FN2O3S. The van der Waals surface area contributed by atoms with Crippen LogP contribution in [0.25, 0.3) is 6.08 Å². The summed E-state index contributed by atoms with van der Waals surface area (Å²) in [5.74, 6) is -0.972. The molecule has 146 valence electrons. The quantitative estimate of drug-likeness (QED) is 0.571. The van der Waals surface area contributed by atoms with Gasteiger partial charge >= 0.3 is 0 Å². The Morgan fingerprint density at radius 1 is 1.21 bits per heavy atom. The molecule has 0 aromatic heterocycles. The van der Waals surface area contributed by atoms with E-state index < -0.39 is 5.82 Å². The number of carbonyl (C=O) groups excluding carboxylic acids is 2. The van der Waals surface area contributed by atoms with Crippen LogP contribution in [0.15, 0.2) is 58.3 Å². The van der Waals surface area contributed by atoms with Gasteiger partial charge in [0.2, 0.25) is 5.91 Å². The molecule has 0 unspecified atom stereocenters. The molecule has 0 saturated carbocycles. The van der Waals surface area contributed by atoms with Crippen LogP contribution in [0.4, 0.5) is 10.1 Å². The molecule has 1 heterocycles. The third-order valence-corrected chi connectivity index (χ3v) is 5.25. The summed E-state index contributed by atoms with van der Waals surface area (Å²) in [5.41, 5.74) is 1.01. The number of fused-ring (bicyclic) bond motifs is 1. The zero-order valence-electron chi connectivity index (χ0n) is 15.5. The molecule has 0 bridgehead atoms. The Kier molecular flexibility index (Phi) is 6.84. The minimum Gasteiger partial charge on any atom is -0.385 e. The Morgan fingerprint density at radius 2 is 1.96 bits per heavy atom.